The van der Waals surface area contributed by atoms with Crippen LogP contribution in [0, 0.1) is 12.7 Å². The number of phenols is 1. The first kappa shape index (κ1) is 12.7. The zero-order valence-electron chi connectivity index (χ0n) is 9.55. The third kappa shape index (κ3) is 2.57. The van der Waals surface area contributed by atoms with Crippen LogP contribution in [0.3, 0.4) is 0 Å². The molecule has 0 aromatic heterocycles. The first-order chi connectivity index (χ1) is 8.47. The maximum absolute atomic E-state index is 13.2. The molecule has 0 bridgehead atoms. The minimum Gasteiger partial charge on any atom is -0.508 e. The smallest absolute Gasteiger partial charge is 0.186 e. The van der Waals surface area contributed by atoms with Crippen molar-refractivity contribution in [2.75, 3.05) is 0 Å². The summed E-state index contributed by atoms with van der Waals surface area (Å²) in [5.74, 6) is -0.420. The van der Waals surface area contributed by atoms with Crippen molar-refractivity contribution in [3.8, 4) is 16.9 Å². The normalized spacial score (nSPS) is 12.4. The van der Waals surface area contributed by atoms with Crippen molar-refractivity contribution >= 4 is 11.1 Å². The summed E-state index contributed by atoms with van der Waals surface area (Å²) in [6, 6.07) is 8.67. The lowest BCUT2D eigenvalue weighted by Crippen LogP contribution is -1.90. The Morgan fingerprint density at radius 1 is 1.11 bits per heavy atom. The summed E-state index contributed by atoms with van der Waals surface area (Å²) in [4.78, 5) is 0.104. The van der Waals surface area contributed by atoms with E-state index in [0.29, 0.717) is 16.7 Å². The van der Waals surface area contributed by atoms with Crippen LogP contribution >= 0.6 is 0 Å². The molecule has 18 heavy (non-hydrogen) atoms. The lowest BCUT2D eigenvalue weighted by molar-refractivity contribution is 0.473. The second-order valence-electron chi connectivity index (χ2n) is 3.93. The Labute approximate surface area is 106 Å². The summed E-state index contributed by atoms with van der Waals surface area (Å²) in [5, 5.41) is 9.51. The fourth-order valence-electron chi connectivity index (χ4n) is 1.68. The van der Waals surface area contributed by atoms with Crippen LogP contribution in [0.2, 0.25) is 0 Å². The monoisotopic (exact) mass is 266 g/mol. The van der Waals surface area contributed by atoms with Gasteiger partial charge >= 0.3 is 0 Å². The van der Waals surface area contributed by atoms with Crippen LogP contribution in [0.4, 0.5) is 4.39 Å². The molecule has 0 spiro atoms. The second-order valence-corrected chi connectivity index (χ2v) is 4.90. The van der Waals surface area contributed by atoms with Crippen molar-refractivity contribution in [2.45, 2.75) is 11.8 Å². The minimum absolute atomic E-state index is 0.104. The van der Waals surface area contributed by atoms with E-state index in [4.69, 9.17) is 4.55 Å². The predicted molar refractivity (Wildman–Crippen MR) is 67.3 cm³/mol. The second kappa shape index (κ2) is 4.88. The summed E-state index contributed by atoms with van der Waals surface area (Å²) in [7, 11) is 0. The van der Waals surface area contributed by atoms with E-state index in [1.54, 1.807) is 19.1 Å². The van der Waals surface area contributed by atoms with Gasteiger partial charge in [0.15, 0.2) is 11.1 Å². The van der Waals surface area contributed by atoms with Gasteiger partial charge in [0.25, 0.3) is 0 Å². The highest BCUT2D eigenvalue weighted by Crippen LogP contribution is 2.27. The summed E-state index contributed by atoms with van der Waals surface area (Å²) in [6.07, 6.45) is 0. The van der Waals surface area contributed by atoms with Crippen LogP contribution in [0.5, 0.6) is 5.75 Å². The van der Waals surface area contributed by atoms with E-state index in [0.717, 1.165) is 0 Å². The minimum atomic E-state index is -2.17. The number of benzene rings is 2. The molecule has 0 radical (unpaired) electrons. The molecule has 0 fully saturated rings. The molecule has 0 amide bonds. The van der Waals surface area contributed by atoms with Crippen molar-refractivity contribution in [3.05, 3.63) is 47.8 Å². The average Bonchev–Trinajstić information content (AvgIpc) is 2.31. The molecule has 5 heteroatoms. The number of hydrogen-bond acceptors (Lipinski definition) is 2. The van der Waals surface area contributed by atoms with Gasteiger partial charge in [-0.1, -0.05) is 6.07 Å². The number of phenolic OH excluding ortho intramolecular Hbond substituents is 1. The summed E-state index contributed by atoms with van der Waals surface area (Å²) < 4.78 is 33.2. The van der Waals surface area contributed by atoms with Gasteiger partial charge in [-0.05, 0) is 53.9 Å². The fraction of sp³-hybridized carbons (Fsp3) is 0.0769. The topological polar surface area (TPSA) is 57.5 Å². The molecule has 2 N–H and O–H groups in total. The third-order valence-electron chi connectivity index (χ3n) is 2.58. The van der Waals surface area contributed by atoms with Crippen LogP contribution in [0.25, 0.3) is 11.1 Å². The highest BCUT2D eigenvalue weighted by atomic mass is 32.2. The van der Waals surface area contributed by atoms with Crippen LogP contribution in [0.15, 0.2) is 41.3 Å². The Balaban J connectivity index is 2.56. The molecule has 0 aliphatic carbocycles. The molecule has 94 valence electrons. The van der Waals surface area contributed by atoms with Crippen molar-refractivity contribution in [1.29, 1.82) is 0 Å². The lowest BCUT2D eigenvalue weighted by Gasteiger charge is -2.06. The van der Waals surface area contributed by atoms with Crippen LogP contribution in [-0.2, 0) is 11.1 Å². The van der Waals surface area contributed by atoms with Crippen LogP contribution in [-0.4, -0.2) is 13.9 Å². The van der Waals surface area contributed by atoms with E-state index in [1.165, 1.54) is 24.3 Å². The van der Waals surface area contributed by atoms with Crippen LogP contribution in [0.1, 0.15) is 5.56 Å². The maximum Gasteiger partial charge on any atom is 0.186 e. The zero-order chi connectivity index (χ0) is 13.3. The molecular weight excluding hydrogens is 255 g/mol. The number of aryl methyl sites for hydroxylation is 1. The van der Waals surface area contributed by atoms with Crippen molar-refractivity contribution in [3.63, 3.8) is 0 Å². The van der Waals surface area contributed by atoms with Gasteiger partial charge in [-0.25, -0.2) is 8.60 Å². The number of rotatable bonds is 2. The average molecular weight is 266 g/mol. The Morgan fingerprint density at radius 2 is 1.83 bits per heavy atom. The molecule has 1 unspecified atom stereocenters. The Bertz CT molecular complexity index is 626. The molecule has 2 aromatic rings. The predicted octanol–water partition coefficient (Wildman–Crippen LogP) is 3.09. The van der Waals surface area contributed by atoms with Crippen molar-refractivity contribution in [2.24, 2.45) is 0 Å². The highest BCUT2D eigenvalue weighted by molar-refractivity contribution is 7.79. The molecule has 3 nitrogen and oxygen atoms in total. The molecule has 0 heterocycles. The van der Waals surface area contributed by atoms with E-state index < -0.39 is 11.1 Å². The van der Waals surface area contributed by atoms with Gasteiger partial charge in [-0.2, -0.15) is 0 Å². The van der Waals surface area contributed by atoms with Gasteiger partial charge < -0.3 is 9.66 Å². The SMILES string of the molecule is Cc1cc(-c2cc(O)cc(S(=O)O)c2)ccc1F. The lowest BCUT2D eigenvalue weighted by atomic mass is 10.0. The van der Waals surface area contributed by atoms with Crippen LogP contribution < -0.4 is 0 Å². The molecule has 2 aromatic carbocycles. The first-order valence-electron chi connectivity index (χ1n) is 5.19. The molecule has 1 atom stereocenters. The van der Waals surface area contributed by atoms with E-state index in [-0.39, 0.29) is 16.5 Å². The molecule has 2 rings (SSSR count). The van der Waals surface area contributed by atoms with Gasteiger partial charge in [-0.15, -0.1) is 0 Å². The molecule has 0 aliphatic rings. The van der Waals surface area contributed by atoms with Gasteiger partial charge in [-0.3, -0.25) is 0 Å². The Kier molecular flexibility index (Phi) is 3.45. The first-order valence-corrected chi connectivity index (χ1v) is 6.29. The van der Waals surface area contributed by atoms with E-state index in [2.05, 4.69) is 0 Å². The number of halogens is 1. The molecule has 0 saturated carbocycles. The Hall–Kier alpha value is -1.72. The van der Waals surface area contributed by atoms with Crippen molar-refractivity contribution < 1.29 is 18.3 Å². The van der Waals surface area contributed by atoms with Gasteiger partial charge in [0.05, 0.1) is 4.90 Å². The quantitative estimate of drug-likeness (QED) is 0.821. The van der Waals surface area contributed by atoms with Gasteiger partial charge in [0.2, 0.25) is 0 Å². The largest absolute Gasteiger partial charge is 0.508 e. The fourth-order valence-corrected chi connectivity index (χ4v) is 2.12. The summed E-state index contributed by atoms with van der Waals surface area (Å²) in [5.41, 5.74) is 1.72. The van der Waals surface area contributed by atoms with E-state index in [9.17, 15) is 13.7 Å². The van der Waals surface area contributed by atoms with Gasteiger partial charge in [0.1, 0.15) is 11.6 Å². The zero-order valence-corrected chi connectivity index (χ0v) is 10.4. The van der Waals surface area contributed by atoms with E-state index >= 15 is 0 Å². The third-order valence-corrected chi connectivity index (χ3v) is 3.22. The molecular formula is C13H11FO3S. The molecule has 0 aliphatic heterocycles. The highest BCUT2D eigenvalue weighted by Gasteiger charge is 2.08. The molecule has 0 saturated heterocycles. The van der Waals surface area contributed by atoms with Crippen molar-refractivity contribution in [1.82, 2.24) is 0 Å². The van der Waals surface area contributed by atoms with Gasteiger partial charge in [0, 0.05) is 0 Å². The number of aromatic hydroxyl groups is 1. The maximum atomic E-state index is 13.2. The Morgan fingerprint density at radius 3 is 2.44 bits per heavy atom. The standard InChI is InChI=1S/C13H11FO3S/c1-8-4-9(2-3-13(8)14)10-5-11(15)7-12(6-10)18(16)17/h2-7,15H,1H3,(H,16,17). The number of hydrogen-bond donors (Lipinski definition) is 2. The summed E-state index contributed by atoms with van der Waals surface area (Å²) >= 11 is -2.17. The van der Waals surface area contributed by atoms with E-state index in [1.807, 2.05) is 0 Å². The summed E-state index contributed by atoms with van der Waals surface area (Å²) in [6.45, 7) is 1.63.